The Labute approximate surface area is 79.7 Å². The van der Waals surface area contributed by atoms with Gasteiger partial charge in [0.05, 0.1) is 5.92 Å². The molecule has 0 aromatic heterocycles. The molecule has 0 aromatic rings. The van der Waals surface area contributed by atoms with Gasteiger partial charge in [0.25, 0.3) is 0 Å². The molecule has 0 spiro atoms. The minimum Gasteiger partial charge on any atom is -0.481 e. The molecule has 3 heteroatoms. The number of likely N-dealkylation sites (tertiary alicyclic amines) is 1. The van der Waals surface area contributed by atoms with E-state index in [9.17, 15) is 4.79 Å². The van der Waals surface area contributed by atoms with Crippen LogP contribution in [0.3, 0.4) is 0 Å². The van der Waals surface area contributed by atoms with Crippen molar-refractivity contribution in [2.75, 3.05) is 13.1 Å². The Bertz CT molecular complexity index is 176. The smallest absolute Gasteiger partial charge is 0.309 e. The first kappa shape index (κ1) is 10.5. The first-order valence-corrected chi connectivity index (χ1v) is 5.15. The Balaban J connectivity index is 2.27. The average molecular weight is 185 g/mol. The molecule has 3 nitrogen and oxygen atoms in total. The monoisotopic (exact) mass is 185 g/mol. The highest BCUT2D eigenvalue weighted by Crippen LogP contribution is 2.22. The molecule has 1 aliphatic heterocycles. The summed E-state index contributed by atoms with van der Waals surface area (Å²) in [5.41, 5.74) is 0. The van der Waals surface area contributed by atoms with E-state index in [0.29, 0.717) is 6.04 Å². The fourth-order valence-corrected chi connectivity index (χ4v) is 1.95. The summed E-state index contributed by atoms with van der Waals surface area (Å²) in [5.74, 6) is -0.742. The summed E-state index contributed by atoms with van der Waals surface area (Å²) in [4.78, 5) is 12.9. The van der Waals surface area contributed by atoms with Gasteiger partial charge in [0.2, 0.25) is 0 Å². The second-order valence-corrected chi connectivity index (χ2v) is 3.84. The Morgan fingerprint density at radius 3 is 2.54 bits per heavy atom. The lowest BCUT2D eigenvalue weighted by molar-refractivity contribution is -0.148. The van der Waals surface area contributed by atoms with Crippen molar-refractivity contribution in [3.8, 4) is 0 Å². The maximum atomic E-state index is 10.6. The summed E-state index contributed by atoms with van der Waals surface area (Å²) >= 11 is 0. The van der Waals surface area contributed by atoms with Crippen LogP contribution in [0.5, 0.6) is 0 Å². The number of rotatable bonds is 5. The van der Waals surface area contributed by atoms with Crippen molar-refractivity contribution in [1.29, 1.82) is 0 Å². The van der Waals surface area contributed by atoms with E-state index < -0.39 is 5.97 Å². The van der Waals surface area contributed by atoms with Gasteiger partial charge in [0.15, 0.2) is 0 Å². The van der Waals surface area contributed by atoms with Gasteiger partial charge in [-0.05, 0) is 12.8 Å². The van der Waals surface area contributed by atoms with Crippen LogP contribution in [0.25, 0.3) is 0 Å². The first-order valence-electron chi connectivity index (χ1n) is 5.15. The number of carboxylic acids is 1. The number of carbonyl (C=O) groups is 1. The van der Waals surface area contributed by atoms with Crippen LogP contribution < -0.4 is 0 Å². The number of hydrogen-bond acceptors (Lipinski definition) is 2. The molecule has 76 valence electrons. The molecular formula is C10H19NO2. The van der Waals surface area contributed by atoms with Crippen molar-refractivity contribution in [3.63, 3.8) is 0 Å². The maximum Gasteiger partial charge on any atom is 0.309 e. The summed E-state index contributed by atoms with van der Waals surface area (Å²) < 4.78 is 0. The second-order valence-electron chi connectivity index (χ2n) is 3.84. The molecule has 1 fully saturated rings. The van der Waals surface area contributed by atoms with Crippen LogP contribution >= 0.6 is 0 Å². The maximum absolute atomic E-state index is 10.6. The Morgan fingerprint density at radius 1 is 1.54 bits per heavy atom. The van der Waals surface area contributed by atoms with Gasteiger partial charge in [-0.3, -0.25) is 9.69 Å². The van der Waals surface area contributed by atoms with Crippen molar-refractivity contribution in [1.82, 2.24) is 4.90 Å². The number of nitrogens with zero attached hydrogens (tertiary/aromatic N) is 1. The van der Waals surface area contributed by atoms with Gasteiger partial charge < -0.3 is 5.11 Å². The van der Waals surface area contributed by atoms with Crippen LogP contribution in [0.4, 0.5) is 0 Å². The number of hydrogen-bond donors (Lipinski definition) is 1. The Kier molecular flexibility index (Phi) is 3.72. The van der Waals surface area contributed by atoms with Gasteiger partial charge in [0.1, 0.15) is 0 Å². The lowest BCUT2D eigenvalue weighted by Crippen LogP contribution is -2.54. The summed E-state index contributed by atoms with van der Waals surface area (Å²) in [5, 5.41) is 8.71. The third kappa shape index (κ3) is 2.44. The van der Waals surface area contributed by atoms with Gasteiger partial charge in [-0.1, -0.05) is 20.3 Å². The summed E-state index contributed by atoms with van der Waals surface area (Å²) in [6.45, 7) is 5.87. The first-order chi connectivity index (χ1) is 6.19. The minimum atomic E-state index is -0.636. The van der Waals surface area contributed by atoms with Gasteiger partial charge in [-0.2, -0.15) is 0 Å². The molecule has 1 saturated heterocycles. The molecule has 1 heterocycles. The average Bonchev–Trinajstić information content (AvgIpc) is 1.99. The fraction of sp³-hybridized carbons (Fsp3) is 0.900. The lowest BCUT2D eigenvalue weighted by Gasteiger charge is -2.42. The molecule has 1 atom stereocenters. The van der Waals surface area contributed by atoms with Crippen LogP contribution in [-0.2, 0) is 4.79 Å². The third-order valence-corrected chi connectivity index (χ3v) is 2.87. The largest absolute Gasteiger partial charge is 0.481 e. The minimum absolute atomic E-state index is 0.106. The Morgan fingerprint density at radius 2 is 2.15 bits per heavy atom. The van der Waals surface area contributed by atoms with E-state index in [2.05, 4.69) is 18.7 Å². The molecule has 0 saturated carbocycles. The zero-order chi connectivity index (χ0) is 9.84. The van der Waals surface area contributed by atoms with Crippen LogP contribution in [0.2, 0.25) is 0 Å². The van der Waals surface area contributed by atoms with Crippen LogP contribution in [0, 0.1) is 5.92 Å². The Hall–Kier alpha value is -0.570. The highest BCUT2D eigenvalue weighted by atomic mass is 16.4. The van der Waals surface area contributed by atoms with Crippen LogP contribution in [0.15, 0.2) is 0 Å². The molecule has 1 unspecified atom stereocenters. The van der Waals surface area contributed by atoms with E-state index in [0.717, 1.165) is 19.5 Å². The molecular weight excluding hydrogens is 166 g/mol. The normalized spacial score (nSPS) is 21.1. The predicted molar refractivity (Wildman–Crippen MR) is 51.7 cm³/mol. The van der Waals surface area contributed by atoms with Crippen molar-refractivity contribution >= 4 is 5.97 Å². The van der Waals surface area contributed by atoms with Gasteiger partial charge >= 0.3 is 5.97 Å². The predicted octanol–water partition coefficient (Wildman–Crippen LogP) is 1.58. The van der Waals surface area contributed by atoms with Gasteiger partial charge in [0, 0.05) is 19.1 Å². The van der Waals surface area contributed by atoms with E-state index in [4.69, 9.17) is 5.11 Å². The zero-order valence-electron chi connectivity index (χ0n) is 8.49. The lowest BCUT2D eigenvalue weighted by atomic mass is 9.95. The molecule has 1 rings (SSSR count). The summed E-state index contributed by atoms with van der Waals surface area (Å²) in [7, 11) is 0. The molecule has 0 radical (unpaired) electrons. The highest BCUT2D eigenvalue weighted by molar-refractivity contribution is 5.71. The van der Waals surface area contributed by atoms with E-state index >= 15 is 0 Å². The van der Waals surface area contributed by atoms with Crippen molar-refractivity contribution < 1.29 is 9.90 Å². The van der Waals surface area contributed by atoms with E-state index in [1.165, 1.54) is 12.8 Å². The van der Waals surface area contributed by atoms with E-state index in [1.807, 2.05) is 0 Å². The third-order valence-electron chi connectivity index (χ3n) is 2.87. The van der Waals surface area contributed by atoms with Crippen LogP contribution in [-0.4, -0.2) is 35.1 Å². The highest BCUT2D eigenvalue weighted by Gasteiger charge is 2.35. The van der Waals surface area contributed by atoms with Crippen molar-refractivity contribution in [3.05, 3.63) is 0 Å². The summed E-state index contributed by atoms with van der Waals surface area (Å²) in [6.07, 6.45) is 3.52. The number of aliphatic carboxylic acids is 1. The molecule has 13 heavy (non-hydrogen) atoms. The van der Waals surface area contributed by atoms with Crippen molar-refractivity contribution in [2.24, 2.45) is 5.92 Å². The van der Waals surface area contributed by atoms with Crippen molar-refractivity contribution in [2.45, 2.75) is 39.2 Å². The molecule has 1 N–H and O–H groups in total. The second kappa shape index (κ2) is 4.61. The summed E-state index contributed by atoms with van der Waals surface area (Å²) in [6, 6.07) is 0.612. The topological polar surface area (TPSA) is 40.5 Å². The molecule has 1 aliphatic rings. The quantitative estimate of drug-likeness (QED) is 0.707. The number of carboxylic acid groups (broad SMARTS) is 1. The van der Waals surface area contributed by atoms with E-state index in [1.54, 1.807) is 0 Å². The zero-order valence-corrected chi connectivity index (χ0v) is 8.49. The molecule has 0 aliphatic carbocycles. The SMILES string of the molecule is CCCC(CC)N1CC(C(=O)O)C1. The molecule has 0 aromatic carbocycles. The molecule has 0 bridgehead atoms. The molecule has 0 amide bonds. The van der Waals surface area contributed by atoms with Crippen LogP contribution in [0.1, 0.15) is 33.1 Å². The fourth-order valence-electron chi connectivity index (χ4n) is 1.95. The van der Waals surface area contributed by atoms with E-state index in [-0.39, 0.29) is 5.92 Å². The van der Waals surface area contributed by atoms with Gasteiger partial charge in [-0.25, -0.2) is 0 Å². The standard InChI is InChI=1S/C10H19NO2/c1-3-5-9(4-2)11-6-8(7-11)10(12)13/h8-9H,3-7H2,1-2H3,(H,12,13). The van der Waals surface area contributed by atoms with Gasteiger partial charge in [-0.15, -0.1) is 0 Å².